The van der Waals surface area contributed by atoms with E-state index in [2.05, 4.69) is 4.98 Å². The summed E-state index contributed by atoms with van der Waals surface area (Å²) in [5.74, 6) is 0.571. The topological polar surface area (TPSA) is 42.4 Å². The van der Waals surface area contributed by atoms with Gasteiger partial charge < -0.3 is 4.74 Å². The highest BCUT2D eigenvalue weighted by molar-refractivity contribution is 5.96. The molecule has 0 bridgehead atoms. The number of amides is 1. The number of nitrogens with zero attached hydrogens (tertiary/aromatic N) is 2. The van der Waals surface area contributed by atoms with Crippen LogP contribution < -0.4 is 9.64 Å². The Bertz CT molecular complexity index is 658. The third kappa shape index (κ3) is 2.03. The Balaban J connectivity index is 2.05. The van der Waals surface area contributed by atoms with Crippen LogP contribution >= 0.6 is 0 Å². The summed E-state index contributed by atoms with van der Waals surface area (Å²) in [6, 6.07) is 8.02. The van der Waals surface area contributed by atoms with E-state index in [9.17, 15) is 9.18 Å². The van der Waals surface area contributed by atoms with Crippen molar-refractivity contribution in [3.05, 3.63) is 42.3 Å². The van der Waals surface area contributed by atoms with Crippen molar-refractivity contribution in [3.8, 4) is 16.9 Å². The number of pyridine rings is 1. The zero-order valence-electron chi connectivity index (χ0n) is 10.3. The van der Waals surface area contributed by atoms with Crippen molar-refractivity contribution in [2.24, 2.45) is 0 Å². The second-order valence-corrected chi connectivity index (χ2v) is 4.30. The molecule has 2 heterocycles. The van der Waals surface area contributed by atoms with Crippen LogP contribution in [0.2, 0.25) is 0 Å². The minimum Gasteiger partial charge on any atom is -0.480 e. The lowest BCUT2D eigenvalue weighted by Crippen LogP contribution is -2.36. The third-order valence-corrected chi connectivity index (χ3v) is 3.03. The summed E-state index contributed by atoms with van der Waals surface area (Å²) in [4.78, 5) is 17.1. The number of halogens is 1. The number of likely N-dealkylation sites (N-methyl/N-ethyl adjacent to an activating group) is 1. The van der Waals surface area contributed by atoms with E-state index in [0.29, 0.717) is 11.6 Å². The molecular formula is C14H11FN2O2. The zero-order chi connectivity index (χ0) is 13.4. The SMILES string of the molecule is CN1C(=O)COc2cc(-c3cccc(F)c3)cnc21. The van der Waals surface area contributed by atoms with Crippen LogP contribution in [-0.4, -0.2) is 24.5 Å². The third-order valence-electron chi connectivity index (χ3n) is 3.03. The van der Waals surface area contributed by atoms with Crippen LogP contribution in [-0.2, 0) is 4.79 Å². The number of rotatable bonds is 1. The van der Waals surface area contributed by atoms with Crippen LogP contribution in [0.4, 0.5) is 10.2 Å². The number of aromatic nitrogens is 1. The molecule has 19 heavy (non-hydrogen) atoms. The van der Waals surface area contributed by atoms with E-state index in [4.69, 9.17) is 4.74 Å². The number of carbonyl (C=O) groups is 1. The van der Waals surface area contributed by atoms with E-state index in [0.717, 1.165) is 11.1 Å². The van der Waals surface area contributed by atoms with Crippen molar-refractivity contribution < 1.29 is 13.9 Å². The highest BCUT2D eigenvalue weighted by Gasteiger charge is 2.23. The molecule has 2 aromatic rings. The average molecular weight is 258 g/mol. The molecule has 4 nitrogen and oxygen atoms in total. The number of benzene rings is 1. The molecule has 0 saturated heterocycles. The van der Waals surface area contributed by atoms with E-state index < -0.39 is 0 Å². The maximum absolute atomic E-state index is 13.2. The Morgan fingerprint density at radius 3 is 2.95 bits per heavy atom. The number of carbonyl (C=O) groups excluding carboxylic acids is 1. The molecule has 0 spiro atoms. The first-order valence-corrected chi connectivity index (χ1v) is 5.80. The standard InChI is InChI=1S/C14H11FN2O2/c1-17-13(18)8-19-12-6-10(7-16-14(12)17)9-3-2-4-11(15)5-9/h2-7H,8H2,1H3. The second-order valence-electron chi connectivity index (χ2n) is 4.30. The molecule has 3 rings (SSSR count). The molecule has 0 fully saturated rings. The van der Waals surface area contributed by atoms with Crippen molar-refractivity contribution in [2.45, 2.75) is 0 Å². The molecule has 0 N–H and O–H groups in total. The minimum atomic E-state index is -0.302. The Labute approximate surface area is 109 Å². The van der Waals surface area contributed by atoms with Gasteiger partial charge in [0.25, 0.3) is 5.91 Å². The van der Waals surface area contributed by atoms with Gasteiger partial charge in [0.15, 0.2) is 18.2 Å². The first kappa shape index (κ1) is 11.6. The predicted octanol–water partition coefficient (Wildman–Crippen LogP) is 2.24. The highest BCUT2D eigenvalue weighted by atomic mass is 19.1. The normalized spacial score (nSPS) is 14.0. The number of hydrogen-bond donors (Lipinski definition) is 0. The maximum atomic E-state index is 13.2. The number of hydrogen-bond acceptors (Lipinski definition) is 3. The van der Waals surface area contributed by atoms with Gasteiger partial charge in [0.1, 0.15) is 5.82 Å². The maximum Gasteiger partial charge on any atom is 0.265 e. The van der Waals surface area contributed by atoms with Crippen LogP contribution in [0, 0.1) is 5.82 Å². The lowest BCUT2D eigenvalue weighted by molar-refractivity contribution is -0.121. The van der Waals surface area contributed by atoms with Crippen LogP contribution in [0.3, 0.4) is 0 Å². The molecule has 0 atom stereocenters. The van der Waals surface area contributed by atoms with Crippen molar-refractivity contribution in [1.29, 1.82) is 0 Å². The van der Waals surface area contributed by atoms with Crippen molar-refractivity contribution in [2.75, 3.05) is 18.6 Å². The van der Waals surface area contributed by atoms with Crippen LogP contribution in [0.5, 0.6) is 5.75 Å². The summed E-state index contributed by atoms with van der Waals surface area (Å²) >= 11 is 0. The monoisotopic (exact) mass is 258 g/mol. The zero-order valence-corrected chi connectivity index (χ0v) is 10.3. The summed E-state index contributed by atoms with van der Waals surface area (Å²) in [5, 5.41) is 0. The summed E-state index contributed by atoms with van der Waals surface area (Å²) in [6.45, 7) is -0.00220. The summed E-state index contributed by atoms with van der Waals surface area (Å²) in [6.07, 6.45) is 1.60. The second kappa shape index (κ2) is 4.35. The molecule has 1 aliphatic rings. The van der Waals surface area contributed by atoms with E-state index in [1.165, 1.54) is 17.0 Å². The highest BCUT2D eigenvalue weighted by Crippen LogP contribution is 2.32. The summed E-state index contributed by atoms with van der Waals surface area (Å²) in [5.41, 5.74) is 1.47. The average Bonchev–Trinajstić information content (AvgIpc) is 2.43. The Hall–Kier alpha value is -2.43. The van der Waals surface area contributed by atoms with Crippen molar-refractivity contribution in [3.63, 3.8) is 0 Å². The fourth-order valence-corrected chi connectivity index (χ4v) is 1.98. The van der Waals surface area contributed by atoms with Gasteiger partial charge in [-0.05, 0) is 23.8 Å². The molecular weight excluding hydrogens is 247 g/mol. The molecule has 0 radical (unpaired) electrons. The number of ether oxygens (including phenoxy) is 1. The van der Waals surface area contributed by atoms with Crippen LogP contribution in [0.1, 0.15) is 0 Å². The van der Waals surface area contributed by atoms with Gasteiger partial charge in [-0.1, -0.05) is 12.1 Å². The van der Waals surface area contributed by atoms with Gasteiger partial charge in [0, 0.05) is 18.8 Å². The largest absolute Gasteiger partial charge is 0.480 e. The molecule has 1 aromatic carbocycles. The first-order chi connectivity index (χ1) is 9.15. The fraction of sp³-hybridized carbons (Fsp3) is 0.143. The molecule has 0 aliphatic carbocycles. The van der Waals surface area contributed by atoms with Gasteiger partial charge in [0.2, 0.25) is 0 Å². The lowest BCUT2D eigenvalue weighted by Gasteiger charge is -2.24. The van der Waals surface area contributed by atoms with Crippen molar-refractivity contribution in [1.82, 2.24) is 4.98 Å². The molecule has 1 aromatic heterocycles. The van der Waals surface area contributed by atoms with Gasteiger partial charge in [-0.25, -0.2) is 9.37 Å². The summed E-state index contributed by atoms with van der Waals surface area (Å²) in [7, 11) is 1.65. The molecule has 5 heteroatoms. The van der Waals surface area contributed by atoms with Gasteiger partial charge >= 0.3 is 0 Å². The molecule has 96 valence electrons. The van der Waals surface area contributed by atoms with E-state index in [1.807, 2.05) is 0 Å². The number of fused-ring (bicyclic) bond motifs is 1. The quantitative estimate of drug-likeness (QED) is 0.787. The molecule has 0 saturated carbocycles. The predicted molar refractivity (Wildman–Crippen MR) is 68.5 cm³/mol. The molecule has 0 unspecified atom stereocenters. The smallest absolute Gasteiger partial charge is 0.265 e. The molecule has 1 aliphatic heterocycles. The minimum absolute atomic E-state index is 0.00220. The van der Waals surface area contributed by atoms with Crippen LogP contribution in [0.15, 0.2) is 36.5 Å². The Kier molecular flexibility index (Phi) is 2.67. The summed E-state index contributed by atoms with van der Waals surface area (Å²) < 4.78 is 18.6. The van der Waals surface area contributed by atoms with Gasteiger partial charge in [-0.2, -0.15) is 0 Å². The van der Waals surface area contributed by atoms with Crippen molar-refractivity contribution >= 4 is 11.7 Å². The fourth-order valence-electron chi connectivity index (χ4n) is 1.98. The van der Waals surface area contributed by atoms with Gasteiger partial charge in [0.05, 0.1) is 0 Å². The van der Waals surface area contributed by atoms with Crippen LogP contribution in [0.25, 0.3) is 11.1 Å². The molecule has 1 amide bonds. The lowest BCUT2D eigenvalue weighted by atomic mass is 10.1. The van der Waals surface area contributed by atoms with E-state index in [1.54, 1.807) is 31.4 Å². The number of anilines is 1. The van der Waals surface area contributed by atoms with E-state index in [-0.39, 0.29) is 18.3 Å². The van der Waals surface area contributed by atoms with Gasteiger partial charge in [-0.3, -0.25) is 9.69 Å². The Morgan fingerprint density at radius 2 is 2.16 bits per heavy atom. The Morgan fingerprint density at radius 1 is 1.32 bits per heavy atom. The van der Waals surface area contributed by atoms with E-state index >= 15 is 0 Å². The van der Waals surface area contributed by atoms with Gasteiger partial charge in [-0.15, -0.1) is 0 Å². The first-order valence-electron chi connectivity index (χ1n) is 5.80.